The zero-order chi connectivity index (χ0) is 20.1. The van der Waals surface area contributed by atoms with E-state index in [0.717, 1.165) is 55.1 Å². The third-order valence-corrected chi connectivity index (χ3v) is 5.29. The number of hydrogen-bond donors (Lipinski definition) is 2. The molecule has 1 aromatic heterocycles. The van der Waals surface area contributed by atoms with Gasteiger partial charge in [-0.15, -0.1) is 0 Å². The van der Waals surface area contributed by atoms with Crippen LogP contribution in [0.3, 0.4) is 0 Å². The van der Waals surface area contributed by atoms with E-state index in [2.05, 4.69) is 33.6 Å². The highest BCUT2D eigenvalue weighted by Gasteiger charge is 2.23. The van der Waals surface area contributed by atoms with Crippen molar-refractivity contribution in [2.75, 3.05) is 24.3 Å². The van der Waals surface area contributed by atoms with Gasteiger partial charge in [0.2, 0.25) is 0 Å². The second kappa shape index (κ2) is 9.04. The maximum absolute atomic E-state index is 12.5. The summed E-state index contributed by atoms with van der Waals surface area (Å²) < 4.78 is 0. The maximum atomic E-state index is 12.5. The zero-order valence-electron chi connectivity index (χ0n) is 17.3. The molecular weight excluding hydrogens is 350 g/mol. The molecule has 0 unspecified atom stereocenters. The van der Waals surface area contributed by atoms with Crippen LogP contribution >= 0.6 is 0 Å². The number of amides is 1. The lowest BCUT2D eigenvalue weighted by Crippen LogP contribution is -2.40. The van der Waals surface area contributed by atoms with Crippen LogP contribution in [0.2, 0.25) is 0 Å². The molecule has 28 heavy (non-hydrogen) atoms. The Morgan fingerprint density at radius 2 is 1.82 bits per heavy atom. The zero-order valence-corrected chi connectivity index (χ0v) is 17.3. The van der Waals surface area contributed by atoms with Crippen molar-refractivity contribution in [3.63, 3.8) is 0 Å². The predicted octanol–water partition coefficient (Wildman–Crippen LogP) is 3.57. The lowest BCUT2D eigenvalue weighted by atomic mass is 9.91. The average molecular weight is 382 g/mol. The first-order valence-corrected chi connectivity index (χ1v) is 10.1. The highest BCUT2D eigenvalue weighted by Crippen LogP contribution is 2.23. The van der Waals surface area contributed by atoms with Crippen molar-refractivity contribution in [1.82, 2.24) is 15.3 Å². The molecule has 1 fully saturated rings. The number of carbonyl (C=O) groups excluding carboxylic acids is 1. The number of nitrogens with zero attached hydrogens (tertiary/aromatic N) is 3. The molecular formula is C22H31N5O. The first-order valence-electron chi connectivity index (χ1n) is 10.1. The summed E-state index contributed by atoms with van der Waals surface area (Å²) in [7, 11) is 3.96. The van der Waals surface area contributed by atoms with Gasteiger partial charge in [0, 0.05) is 37.8 Å². The summed E-state index contributed by atoms with van der Waals surface area (Å²) in [6.45, 7) is 4.02. The van der Waals surface area contributed by atoms with Crippen molar-refractivity contribution in [2.45, 2.75) is 58.0 Å². The van der Waals surface area contributed by atoms with Crippen LogP contribution < -0.4 is 15.5 Å². The van der Waals surface area contributed by atoms with Crippen LogP contribution in [-0.4, -0.2) is 42.1 Å². The van der Waals surface area contributed by atoms with Crippen molar-refractivity contribution in [2.24, 2.45) is 0 Å². The van der Waals surface area contributed by atoms with Gasteiger partial charge in [-0.05, 0) is 56.7 Å². The number of nitrogens with one attached hydrogen (secondary N) is 2. The van der Waals surface area contributed by atoms with Gasteiger partial charge in [-0.3, -0.25) is 4.79 Å². The minimum absolute atomic E-state index is 0.0359. The highest BCUT2D eigenvalue weighted by molar-refractivity contribution is 5.94. The molecule has 1 aliphatic rings. The van der Waals surface area contributed by atoms with Crippen molar-refractivity contribution < 1.29 is 4.79 Å². The third kappa shape index (κ3) is 5.21. The predicted molar refractivity (Wildman–Crippen MR) is 114 cm³/mol. The van der Waals surface area contributed by atoms with E-state index in [-0.39, 0.29) is 11.9 Å². The first-order chi connectivity index (χ1) is 13.4. The van der Waals surface area contributed by atoms with Crippen molar-refractivity contribution in [3.05, 3.63) is 47.3 Å². The monoisotopic (exact) mass is 381 g/mol. The van der Waals surface area contributed by atoms with E-state index in [0.29, 0.717) is 6.04 Å². The molecule has 0 saturated heterocycles. The standard InChI is InChI=1S/C22H31N5O/c1-5-16-7-6-8-17(13-16)22(28)26-19-11-9-18(10-12-19)25-20-14-21(27(3)4)24-15(2)23-20/h6-8,13-14,18-19H,5,9-12H2,1-4H3,(H,26,28)(H,23,24,25)/t18-,19+. The number of hydrogen-bond acceptors (Lipinski definition) is 5. The van der Waals surface area contributed by atoms with E-state index >= 15 is 0 Å². The molecule has 2 N–H and O–H groups in total. The molecule has 1 saturated carbocycles. The lowest BCUT2D eigenvalue weighted by Gasteiger charge is -2.30. The van der Waals surface area contributed by atoms with E-state index in [1.54, 1.807) is 0 Å². The fourth-order valence-corrected chi connectivity index (χ4v) is 3.65. The Bertz CT molecular complexity index is 812. The lowest BCUT2D eigenvalue weighted by molar-refractivity contribution is 0.0926. The maximum Gasteiger partial charge on any atom is 0.251 e. The van der Waals surface area contributed by atoms with Crippen LogP contribution in [0.25, 0.3) is 0 Å². The van der Waals surface area contributed by atoms with Crippen LogP contribution in [-0.2, 0) is 6.42 Å². The molecule has 150 valence electrons. The van der Waals surface area contributed by atoms with Gasteiger partial charge in [0.25, 0.3) is 5.91 Å². The molecule has 1 heterocycles. The molecule has 1 amide bonds. The summed E-state index contributed by atoms with van der Waals surface area (Å²) in [6.07, 6.45) is 4.92. The van der Waals surface area contributed by atoms with Crippen molar-refractivity contribution in [3.8, 4) is 0 Å². The van der Waals surface area contributed by atoms with E-state index in [9.17, 15) is 4.79 Å². The molecule has 3 rings (SSSR count). The van der Waals surface area contributed by atoms with Gasteiger partial charge in [0.1, 0.15) is 17.5 Å². The van der Waals surface area contributed by atoms with E-state index in [1.807, 2.05) is 50.2 Å². The SMILES string of the molecule is CCc1cccc(C(=O)N[C@H]2CC[C@@H](Nc3cc(N(C)C)nc(C)n3)CC2)c1. The summed E-state index contributed by atoms with van der Waals surface area (Å²) in [5.74, 6) is 2.59. The molecule has 1 aliphatic carbocycles. The first kappa shape index (κ1) is 20.1. The Balaban J connectivity index is 1.52. The third-order valence-electron chi connectivity index (χ3n) is 5.29. The molecule has 0 atom stereocenters. The van der Waals surface area contributed by atoms with Gasteiger partial charge in [-0.25, -0.2) is 9.97 Å². The van der Waals surface area contributed by atoms with Crippen LogP contribution in [0.4, 0.5) is 11.6 Å². The minimum atomic E-state index is 0.0359. The molecule has 0 bridgehead atoms. The molecule has 6 heteroatoms. The number of aryl methyl sites for hydroxylation is 2. The van der Waals surface area contributed by atoms with Crippen LogP contribution in [0.15, 0.2) is 30.3 Å². The van der Waals surface area contributed by atoms with Gasteiger partial charge in [0.15, 0.2) is 0 Å². The molecule has 1 aromatic carbocycles. The van der Waals surface area contributed by atoms with Gasteiger partial charge in [-0.1, -0.05) is 19.1 Å². The average Bonchev–Trinajstić information content (AvgIpc) is 2.69. The fraction of sp³-hybridized carbons (Fsp3) is 0.500. The second-order valence-corrected chi connectivity index (χ2v) is 7.77. The summed E-state index contributed by atoms with van der Waals surface area (Å²) in [5, 5.41) is 6.75. The van der Waals surface area contributed by atoms with E-state index < -0.39 is 0 Å². The van der Waals surface area contributed by atoms with Gasteiger partial charge in [-0.2, -0.15) is 0 Å². The quantitative estimate of drug-likeness (QED) is 0.801. The van der Waals surface area contributed by atoms with E-state index in [4.69, 9.17) is 0 Å². The Labute approximate surface area is 167 Å². The summed E-state index contributed by atoms with van der Waals surface area (Å²) in [6, 6.07) is 10.5. The normalized spacial score (nSPS) is 19.1. The van der Waals surface area contributed by atoms with E-state index in [1.165, 1.54) is 5.56 Å². The Hall–Kier alpha value is -2.63. The summed E-state index contributed by atoms with van der Waals surface area (Å²) in [4.78, 5) is 23.5. The van der Waals surface area contributed by atoms with Crippen LogP contribution in [0, 0.1) is 6.92 Å². The van der Waals surface area contributed by atoms with Gasteiger partial charge < -0.3 is 15.5 Å². The highest BCUT2D eigenvalue weighted by atomic mass is 16.1. The number of aromatic nitrogens is 2. The fourth-order valence-electron chi connectivity index (χ4n) is 3.65. The molecule has 6 nitrogen and oxygen atoms in total. The summed E-state index contributed by atoms with van der Waals surface area (Å²) in [5.41, 5.74) is 1.95. The van der Waals surface area contributed by atoms with Crippen LogP contribution in [0.5, 0.6) is 0 Å². The Morgan fingerprint density at radius 3 is 2.50 bits per heavy atom. The number of benzene rings is 1. The number of rotatable bonds is 6. The Morgan fingerprint density at radius 1 is 1.11 bits per heavy atom. The van der Waals surface area contributed by atoms with Crippen molar-refractivity contribution in [1.29, 1.82) is 0 Å². The van der Waals surface area contributed by atoms with Crippen LogP contribution in [0.1, 0.15) is 54.4 Å². The second-order valence-electron chi connectivity index (χ2n) is 7.77. The largest absolute Gasteiger partial charge is 0.367 e. The number of anilines is 2. The smallest absolute Gasteiger partial charge is 0.251 e. The van der Waals surface area contributed by atoms with Gasteiger partial charge >= 0.3 is 0 Å². The molecule has 0 aliphatic heterocycles. The van der Waals surface area contributed by atoms with Crippen molar-refractivity contribution >= 4 is 17.5 Å². The molecule has 0 spiro atoms. The Kier molecular flexibility index (Phi) is 6.49. The summed E-state index contributed by atoms with van der Waals surface area (Å²) >= 11 is 0. The topological polar surface area (TPSA) is 70.2 Å². The number of carbonyl (C=O) groups is 1. The minimum Gasteiger partial charge on any atom is -0.367 e. The molecule has 2 aromatic rings. The van der Waals surface area contributed by atoms with Gasteiger partial charge in [0.05, 0.1) is 0 Å². The molecule has 0 radical (unpaired) electrons.